The summed E-state index contributed by atoms with van der Waals surface area (Å²) in [7, 11) is 0. The number of thioether (sulfide) groups is 1. The first-order valence-electron chi connectivity index (χ1n) is 5.49. The fraction of sp³-hybridized carbons (Fsp3) is 0.154. The Hall–Kier alpha value is -1.20. The fourth-order valence-corrected chi connectivity index (χ4v) is 3.39. The van der Waals surface area contributed by atoms with Crippen LogP contribution in [0.2, 0.25) is 0 Å². The van der Waals surface area contributed by atoms with E-state index < -0.39 is 0 Å². The number of nitrogens with zero attached hydrogens (tertiary/aromatic N) is 1. The number of halogens is 1. The molecule has 1 aliphatic rings. The quantitative estimate of drug-likeness (QED) is 0.845. The van der Waals surface area contributed by atoms with Crippen molar-refractivity contribution in [3.05, 3.63) is 46.8 Å². The largest absolute Gasteiger partial charge is 0.467 e. The molecule has 0 saturated carbocycles. The molecular weight excluding hydrogens is 314 g/mol. The Balaban J connectivity index is 1.96. The van der Waals surface area contributed by atoms with Crippen LogP contribution < -0.4 is 4.90 Å². The highest BCUT2D eigenvalue weighted by Crippen LogP contribution is 2.37. The standard InChI is InChI=1S/C13H10BrNO2S/c14-9-3-4-11-12(6-9)18-8-13(16)15(11)7-10-2-1-5-17-10/h1-6H,7-8H2. The van der Waals surface area contributed by atoms with Gasteiger partial charge in [-0.3, -0.25) is 4.79 Å². The molecule has 0 spiro atoms. The summed E-state index contributed by atoms with van der Waals surface area (Å²) in [4.78, 5) is 14.9. The van der Waals surface area contributed by atoms with E-state index in [1.54, 1.807) is 22.9 Å². The lowest BCUT2D eigenvalue weighted by Crippen LogP contribution is -2.34. The third kappa shape index (κ3) is 2.20. The molecule has 92 valence electrons. The summed E-state index contributed by atoms with van der Waals surface area (Å²) in [5.41, 5.74) is 0.954. The lowest BCUT2D eigenvalue weighted by Gasteiger charge is -2.28. The molecule has 0 atom stereocenters. The summed E-state index contributed by atoms with van der Waals surface area (Å²) in [5, 5.41) is 0. The average Bonchev–Trinajstić information content (AvgIpc) is 2.86. The number of hydrogen-bond donors (Lipinski definition) is 0. The molecule has 1 aromatic heterocycles. The SMILES string of the molecule is O=C1CSc2cc(Br)ccc2N1Cc1ccco1. The number of fused-ring (bicyclic) bond motifs is 1. The Labute approximate surface area is 117 Å². The molecule has 0 aliphatic carbocycles. The van der Waals surface area contributed by atoms with E-state index >= 15 is 0 Å². The van der Waals surface area contributed by atoms with Gasteiger partial charge in [0.05, 0.1) is 24.2 Å². The monoisotopic (exact) mass is 323 g/mol. The molecule has 0 bridgehead atoms. The van der Waals surface area contributed by atoms with E-state index in [0.29, 0.717) is 12.3 Å². The molecule has 0 fully saturated rings. The van der Waals surface area contributed by atoms with Crippen molar-refractivity contribution < 1.29 is 9.21 Å². The molecular formula is C13H10BrNO2S. The lowest BCUT2D eigenvalue weighted by atomic mass is 10.2. The van der Waals surface area contributed by atoms with Crippen molar-refractivity contribution in [2.24, 2.45) is 0 Å². The van der Waals surface area contributed by atoms with Crippen molar-refractivity contribution in [3.63, 3.8) is 0 Å². The molecule has 5 heteroatoms. The van der Waals surface area contributed by atoms with Crippen LogP contribution in [0.15, 0.2) is 50.4 Å². The van der Waals surface area contributed by atoms with E-state index in [1.165, 1.54) is 0 Å². The zero-order chi connectivity index (χ0) is 12.5. The van der Waals surface area contributed by atoms with Crippen molar-refractivity contribution in [3.8, 4) is 0 Å². The zero-order valence-corrected chi connectivity index (χ0v) is 11.8. The van der Waals surface area contributed by atoms with E-state index in [9.17, 15) is 4.79 Å². The normalized spacial score (nSPS) is 14.7. The Morgan fingerprint density at radius 3 is 3.06 bits per heavy atom. The van der Waals surface area contributed by atoms with Crippen LogP contribution in [0.5, 0.6) is 0 Å². The number of amides is 1. The van der Waals surface area contributed by atoms with Gasteiger partial charge in [-0.05, 0) is 30.3 Å². The van der Waals surface area contributed by atoms with Crippen molar-refractivity contribution in [2.45, 2.75) is 11.4 Å². The molecule has 1 aromatic carbocycles. The summed E-state index contributed by atoms with van der Waals surface area (Å²) < 4.78 is 6.34. The van der Waals surface area contributed by atoms with Gasteiger partial charge in [-0.15, -0.1) is 11.8 Å². The Kier molecular flexibility index (Phi) is 3.18. The second-order valence-electron chi connectivity index (χ2n) is 3.96. The smallest absolute Gasteiger partial charge is 0.237 e. The number of carbonyl (C=O) groups excluding carboxylic acids is 1. The van der Waals surface area contributed by atoms with E-state index in [1.807, 2.05) is 30.3 Å². The highest BCUT2D eigenvalue weighted by molar-refractivity contribution is 9.10. The third-order valence-corrected chi connectivity index (χ3v) is 4.28. The minimum Gasteiger partial charge on any atom is -0.467 e. The summed E-state index contributed by atoms with van der Waals surface area (Å²) in [6, 6.07) is 9.68. The van der Waals surface area contributed by atoms with Gasteiger partial charge in [-0.1, -0.05) is 15.9 Å². The van der Waals surface area contributed by atoms with E-state index in [4.69, 9.17) is 4.42 Å². The lowest BCUT2D eigenvalue weighted by molar-refractivity contribution is -0.116. The van der Waals surface area contributed by atoms with E-state index in [-0.39, 0.29) is 5.91 Å². The van der Waals surface area contributed by atoms with Gasteiger partial charge in [-0.25, -0.2) is 0 Å². The molecule has 0 radical (unpaired) electrons. The minimum absolute atomic E-state index is 0.117. The zero-order valence-electron chi connectivity index (χ0n) is 9.43. The molecule has 1 amide bonds. The van der Waals surface area contributed by atoms with Crippen molar-refractivity contribution in [1.29, 1.82) is 0 Å². The highest BCUT2D eigenvalue weighted by Gasteiger charge is 2.25. The number of hydrogen-bond acceptors (Lipinski definition) is 3. The summed E-state index contributed by atoms with van der Waals surface area (Å²) in [6.45, 7) is 0.487. The summed E-state index contributed by atoms with van der Waals surface area (Å²) in [5.74, 6) is 1.39. The van der Waals surface area contributed by atoms with Crippen LogP contribution in [-0.4, -0.2) is 11.7 Å². The summed E-state index contributed by atoms with van der Waals surface area (Å²) >= 11 is 5.03. The number of anilines is 1. The number of carbonyl (C=O) groups is 1. The van der Waals surface area contributed by atoms with Gasteiger partial charge in [0.2, 0.25) is 5.91 Å². The van der Waals surface area contributed by atoms with Crippen LogP contribution in [-0.2, 0) is 11.3 Å². The molecule has 0 unspecified atom stereocenters. The Morgan fingerprint density at radius 1 is 1.39 bits per heavy atom. The van der Waals surface area contributed by atoms with Crippen LogP contribution in [0.1, 0.15) is 5.76 Å². The number of furan rings is 1. The fourth-order valence-electron chi connectivity index (χ4n) is 1.91. The molecule has 18 heavy (non-hydrogen) atoms. The van der Waals surface area contributed by atoms with Crippen molar-refractivity contribution >= 4 is 39.3 Å². The third-order valence-electron chi connectivity index (χ3n) is 2.76. The van der Waals surface area contributed by atoms with Crippen molar-refractivity contribution in [2.75, 3.05) is 10.7 Å². The molecule has 3 nitrogen and oxygen atoms in total. The van der Waals surface area contributed by atoms with Gasteiger partial charge in [0.1, 0.15) is 5.76 Å². The predicted octanol–water partition coefficient (Wildman–Crippen LogP) is 3.68. The highest BCUT2D eigenvalue weighted by atomic mass is 79.9. The average molecular weight is 324 g/mol. The first-order valence-corrected chi connectivity index (χ1v) is 7.27. The maximum atomic E-state index is 12.0. The molecule has 0 saturated heterocycles. The number of rotatable bonds is 2. The van der Waals surface area contributed by atoms with Gasteiger partial charge >= 0.3 is 0 Å². The second-order valence-corrected chi connectivity index (χ2v) is 5.89. The topological polar surface area (TPSA) is 33.5 Å². The van der Waals surface area contributed by atoms with E-state index in [2.05, 4.69) is 15.9 Å². The molecule has 2 aromatic rings. The summed E-state index contributed by atoms with van der Waals surface area (Å²) in [6.07, 6.45) is 1.63. The maximum Gasteiger partial charge on any atom is 0.237 e. The van der Waals surface area contributed by atoms with Gasteiger partial charge < -0.3 is 9.32 Å². The van der Waals surface area contributed by atoms with Crippen LogP contribution >= 0.6 is 27.7 Å². The maximum absolute atomic E-state index is 12.0. The van der Waals surface area contributed by atoms with Gasteiger partial charge in [0, 0.05) is 9.37 Å². The second kappa shape index (κ2) is 4.82. The van der Waals surface area contributed by atoms with Crippen molar-refractivity contribution in [1.82, 2.24) is 0 Å². The molecule has 1 aliphatic heterocycles. The van der Waals surface area contributed by atoms with Gasteiger partial charge in [0.25, 0.3) is 0 Å². The van der Waals surface area contributed by atoms with Crippen LogP contribution in [0.25, 0.3) is 0 Å². The molecule has 3 rings (SSSR count). The van der Waals surface area contributed by atoms with Crippen LogP contribution in [0.3, 0.4) is 0 Å². The van der Waals surface area contributed by atoms with E-state index in [0.717, 1.165) is 20.8 Å². The molecule has 0 N–H and O–H groups in total. The first kappa shape index (κ1) is 11.9. The van der Waals surface area contributed by atoms with Crippen LogP contribution in [0, 0.1) is 0 Å². The number of benzene rings is 1. The predicted molar refractivity (Wildman–Crippen MR) is 74.8 cm³/mol. The minimum atomic E-state index is 0.117. The molecule has 2 heterocycles. The Bertz CT molecular complexity index is 583. The van der Waals surface area contributed by atoms with Gasteiger partial charge in [0.15, 0.2) is 0 Å². The first-order chi connectivity index (χ1) is 8.74. The Morgan fingerprint density at radius 2 is 2.28 bits per heavy atom. The van der Waals surface area contributed by atoms with Gasteiger partial charge in [-0.2, -0.15) is 0 Å². The van der Waals surface area contributed by atoms with Crippen LogP contribution in [0.4, 0.5) is 5.69 Å².